The molecule has 100 valence electrons. The van der Waals surface area contributed by atoms with E-state index in [0.717, 1.165) is 11.1 Å². The van der Waals surface area contributed by atoms with Crippen molar-refractivity contribution in [1.82, 2.24) is 14.9 Å². The fourth-order valence-corrected chi connectivity index (χ4v) is 1.52. The molecule has 1 heterocycles. The van der Waals surface area contributed by atoms with Crippen LogP contribution in [0.25, 0.3) is 11.4 Å². The lowest BCUT2D eigenvalue weighted by molar-refractivity contribution is -0.143. The van der Waals surface area contributed by atoms with Crippen molar-refractivity contribution in [1.29, 1.82) is 0 Å². The minimum Gasteiger partial charge on any atom is -0.466 e. The summed E-state index contributed by atoms with van der Waals surface area (Å²) in [7, 11) is 1.25. The molecule has 19 heavy (non-hydrogen) atoms. The highest BCUT2D eigenvalue weighted by molar-refractivity contribution is 5.70. The number of aryl methyl sites for hydroxylation is 1. The molecule has 1 N–H and O–H groups in total. The number of rotatable bonds is 4. The van der Waals surface area contributed by atoms with Crippen LogP contribution in [0.3, 0.4) is 0 Å². The van der Waals surface area contributed by atoms with Crippen LogP contribution < -0.4 is 4.74 Å². The van der Waals surface area contributed by atoms with Gasteiger partial charge in [-0.1, -0.05) is 34.2 Å². The number of benzene rings is 1. The average molecular weight is 263 g/mol. The Labute approximate surface area is 109 Å². The van der Waals surface area contributed by atoms with Crippen molar-refractivity contribution in [2.75, 3.05) is 13.7 Å². The topological polar surface area (TPSA) is 86.5 Å². The van der Waals surface area contributed by atoms with Gasteiger partial charge in [0.1, 0.15) is 0 Å². The maximum Gasteiger partial charge on any atom is 0.344 e. The molecule has 2 aromatic rings. The molecule has 0 fully saturated rings. The molecule has 0 spiro atoms. The van der Waals surface area contributed by atoms with E-state index < -0.39 is 5.97 Å². The smallest absolute Gasteiger partial charge is 0.344 e. The Balaban J connectivity index is 2.22. The Hall–Kier alpha value is -2.57. The van der Waals surface area contributed by atoms with E-state index in [1.54, 1.807) is 6.07 Å². The molecule has 0 atom stereocenters. The summed E-state index contributed by atoms with van der Waals surface area (Å²) >= 11 is 0. The van der Waals surface area contributed by atoms with Crippen LogP contribution in [-0.2, 0) is 9.53 Å². The van der Waals surface area contributed by atoms with Crippen LogP contribution >= 0.6 is 0 Å². The molecular formula is C12H13N3O4. The van der Waals surface area contributed by atoms with E-state index in [1.165, 1.54) is 7.11 Å². The summed E-state index contributed by atoms with van der Waals surface area (Å²) in [5.74, 6) is -0.301. The van der Waals surface area contributed by atoms with Crippen LogP contribution in [0.1, 0.15) is 5.56 Å². The van der Waals surface area contributed by atoms with Gasteiger partial charge in [-0.05, 0) is 12.5 Å². The van der Waals surface area contributed by atoms with Gasteiger partial charge in [0.2, 0.25) is 5.82 Å². The maximum atomic E-state index is 10.9. The molecule has 0 amide bonds. The molecule has 0 bridgehead atoms. The Kier molecular flexibility index (Phi) is 3.65. The van der Waals surface area contributed by atoms with E-state index in [1.807, 2.05) is 25.1 Å². The van der Waals surface area contributed by atoms with Crippen LogP contribution in [0.5, 0.6) is 6.01 Å². The maximum absolute atomic E-state index is 10.9. The first-order chi connectivity index (χ1) is 9.11. The third-order valence-corrected chi connectivity index (χ3v) is 2.50. The zero-order valence-electron chi connectivity index (χ0n) is 10.5. The van der Waals surface area contributed by atoms with Gasteiger partial charge in [-0.3, -0.25) is 0 Å². The number of hydrogen-bond acceptors (Lipinski definition) is 6. The summed E-state index contributed by atoms with van der Waals surface area (Å²) in [6.45, 7) is 1.58. The van der Waals surface area contributed by atoms with E-state index in [0.29, 0.717) is 4.85 Å². The number of methoxy groups -OCH3 is 1. The number of ether oxygens (including phenoxy) is 2. The Bertz CT molecular complexity index is 594. The largest absolute Gasteiger partial charge is 0.466 e. The van der Waals surface area contributed by atoms with Gasteiger partial charge in [0.05, 0.1) is 7.11 Å². The summed E-state index contributed by atoms with van der Waals surface area (Å²) in [6, 6.07) is 7.30. The van der Waals surface area contributed by atoms with Gasteiger partial charge in [0, 0.05) is 5.56 Å². The van der Waals surface area contributed by atoms with Gasteiger partial charge in [0.25, 0.3) is 0 Å². The molecule has 0 unspecified atom stereocenters. The van der Waals surface area contributed by atoms with Crippen molar-refractivity contribution in [3.8, 4) is 17.4 Å². The fraction of sp³-hybridized carbons (Fsp3) is 0.250. The van der Waals surface area contributed by atoms with Crippen LogP contribution in [-0.4, -0.2) is 39.8 Å². The van der Waals surface area contributed by atoms with E-state index in [9.17, 15) is 10.0 Å². The van der Waals surface area contributed by atoms with Gasteiger partial charge >= 0.3 is 12.0 Å². The van der Waals surface area contributed by atoms with Gasteiger partial charge in [-0.25, -0.2) is 4.79 Å². The van der Waals surface area contributed by atoms with Gasteiger partial charge in [-0.15, -0.1) is 0 Å². The van der Waals surface area contributed by atoms with Crippen LogP contribution in [0.2, 0.25) is 0 Å². The van der Waals surface area contributed by atoms with E-state index in [4.69, 9.17) is 4.74 Å². The van der Waals surface area contributed by atoms with Crippen LogP contribution in [0, 0.1) is 6.92 Å². The third-order valence-electron chi connectivity index (χ3n) is 2.50. The van der Waals surface area contributed by atoms with Crippen molar-refractivity contribution < 1.29 is 19.5 Å². The second-order valence-electron chi connectivity index (χ2n) is 3.79. The van der Waals surface area contributed by atoms with E-state index >= 15 is 0 Å². The van der Waals surface area contributed by atoms with Crippen LogP contribution in [0.15, 0.2) is 24.3 Å². The molecule has 7 nitrogen and oxygen atoms in total. The lowest BCUT2D eigenvalue weighted by Gasteiger charge is -2.01. The number of nitrogens with zero attached hydrogens (tertiary/aromatic N) is 3. The number of esters is 1. The summed E-state index contributed by atoms with van der Waals surface area (Å²) in [5.41, 5.74) is 1.66. The van der Waals surface area contributed by atoms with Crippen molar-refractivity contribution in [2.24, 2.45) is 0 Å². The normalized spacial score (nSPS) is 10.2. The Morgan fingerprint density at radius 3 is 2.84 bits per heavy atom. The second kappa shape index (κ2) is 5.38. The lowest BCUT2D eigenvalue weighted by atomic mass is 10.1. The summed E-state index contributed by atoms with van der Waals surface area (Å²) < 4.78 is 9.43. The SMILES string of the molecule is COC(=O)COc1nc(-c2ccccc2C)n(O)n1. The molecule has 0 saturated carbocycles. The van der Waals surface area contributed by atoms with Crippen molar-refractivity contribution in [3.05, 3.63) is 29.8 Å². The highest BCUT2D eigenvalue weighted by Gasteiger charge is 2.15. The Morgan fingerprint density at radius 1 is 1.42 bits per heavy atom. The molecule has 0 saturated heterocycles. The highest BCUT2D eigenvalue weighted by atomic mass is 16.6. The first-order valence-electron chi connectivity index (χ1n) is 5.53. The predicted octanol–water partition coefficient (Wildman–Crippen LogP) is 1.04. The minimum atomic E-state index is -0.549. The molecule has 0 radical (unpaired) electrons. The lowest BCUT2D eigenvalue weighted by Crippen LogP contribution is -2.13. The van der Waals surface area contributed by atoms with Gasteiger partial charge < -0.3 is 14.7 Å². The molecule has 0 aliphatic rings. The standard InChI is InChI=1S/C12H13N3O4/c1-8-5-3-4-6-9(8)11-13-12(14-15(11)17)19-7-10(16)18-2/h3-6,17H,7H2,1-2H3. The molecule has 0 aliphatic heterocycles. The number of carbonyl (C=O) groups excluding carboxylic acids is 1. The van der Waals surface area contributed by atoms with Crippen LogP contribution in [0.4, 0.5) is 0 Å². The van der Waals surface area contributed by atoms with Crippen molar-refractivity contribution >= 4 is 5.97 Å². The van der Waals surface area contributed by atoms with Gasteiger partial charge in [0.15, 0.2) is 6.61 Å². The fourth-order valence-electron chi connectivity index (χ4n) is 1.52. The number of carbonyl (C=O) groups is 1. The molecule has 7 heteroatoms. The van der Waals surface area contributed by atoms with E-state index in [2.05, 4.69) is 14.8 Å². The molecule has 1 aromatic heterocycles. The first-order valence-corrected chi connectivity index (χ1v) is 5.53. The van der Waals surface area contributed by atoms with Crippen molar-refractivity contribution in [2.45, 2.75) is 6.92 Å². The molecule has 1 aromatic carbocycles. The third kappa shape index (κ3) is 2.82. The summed E-state index contributed by atoms with van der Waals surface area (Å²) in [4.78, 5) is 15.6. The minimum absolute atomic E-state index is 0.0915. The Morgan fingerprint density at radius 2 is 2.16 bits per heavy atom. The average Bonchev–Trinajstić information content (AvgIpc) is 2.77. The predicted molar refractivity (Wildman–Crippen MR) is 64.9 cm³/mol. The zero-order chi connectivity index (χ0) is 13.8. The summed E-state index contributed by atoms with van der Waals surface area (Å²) in [5, 5.41) is 13.3. The molecular weight excluding hydrogens is 250 g/mol. The highest BCUT2D eigenvalue weighted by Crippen LogP contribution is 2.22. The quantitative estimate of drug-likeness (QED) is 0.655. The summed E-state index contributed by atoms with van der Waals surface area (Å²) in [6.07, 6.45) is 0. The zero-order valence-corrected chi connectivity index (χ0v) is 10.5. The second-order valence-corrected chi connectivity index (χ2v) is 3.79. The van der Waals surface area contributed by atoms with Crippen molar-refractivity contribution in [3.63, 3.8) is 0 Å². The monoisotopic (exact) mass is 263 g/mol. The number of hydrogen-bond donors (Lipinski definition) is 1. The van der Waals surface area contributed by atoms with Gasteiger partial charge in [-0.2, -0.15) is 4.98 Å². The molecule has 0 aliphatic carbocycles. The van der Waals surface area contributed by atoms with E-state index in [-0.39, 0.29) is 18.4 Å². The first kappa shape index (κ1) is 12.9. The molecule has 2 rings (SSSR count). The number of aromatic nitrogens is 3.